The summed E-state index contributed by atoms with van der Waals surface area (Å²) in [6, 6.07) is 0. The summed E-state index contributed by atoms with van der Waals surface area (Å²) in [5.41, 5.74) is 0. The number of hydrogen-bond acceptors (Lipinski definition) is 9. The third kappa shape index (κ3) is 13.8. The summed E-state index contributed by atoms with van der Waals surface area (Å²) in [5, 5.41) is 85.4. The predicted octanol–water partition coefficient (Wildman–Crippen LogP) is -2.38. The van der Waals surface area contributed by atoms with Gasteiger partial charge in [0.1, 0.15) is 0 Å². The highest BCUT2D eigenvalue weighted by molar-refractivity contribution is 4.74. The van der Waals surface area contributed by atoms with Crippen molar-refractivity contribution in [3.63, 3.8) is 0 Å². The summed E-state index contributed by atoms with van der Waals surface area (Å²) in [7, 11) is 0. The molecule has 0 saturated heterocycles. The molecule has 6 atom stereocenters. The molecule has 9 heteroatoms. The van der Waals surface area contributed by atoms with Gasteiger partial charge in [0.25, 0.3) is 0 Å². The van der Waals surface area contributed by atoms with Gasteiger partial charge >= 0.3 is 0 Å². The maximum Gasteiger partial charge on any atom is 0.0589 e. The van der Waals surface area contributed by atoms with E-state index in [4.69, 9.17) is 10.2 Å². The summed E-state index contributed by atoms with van der Waals surface area (Å²) < 4.78 is 0. The SMILES string of the molecule is OCCC(O)CC(O)CC(O)CC(O)CC(O)CC(O)CC(O)CCO. The van der Waals surface area contributed by atoms with Crippen LogP contribution in [0, 0.1) is 0 Å². The van der Waals surface area contributed by atoms with Crippen LogP contribution in [0.1, 0.15) is 51.4 Å². The Labute approximate surface area is 154 Å². The first-order chi connectivity index (χ1) is 12.2. The maximum absolute atomic E-state index is 9.90. The Morgan fingerprint density at radius 1 is 0.346 bits per heavy atom. The van der Waals surface area contributed by atoms with Gasteiger partial charge in [-0.3, -0.25) is 0 Å². The molecule has 0 saturated carbocycles. The molecule has 158 valence electrons. The normalized spacial score (nSPS) is 20.2. The van der Waals surface area contributed by atoms with E-state index < -0.39 is 42.7 Å². The first kappa shape index (κ1) is 25.6. The van der Waals surface area contributed by atoms with E-state index in [-0.39, 0.29) is 64.6 Å². The second kappa shape index (κ2) is 14.7. The van der Waals surface area contributed by atoms with Crippen molar-refractivity contribution >= 4 is 0 Å². The summed E-state index contributed by atoms with van der Waals surface area (Å²) in [4.78, 5) is 0. The fourth-order valence-electron chi connectivity index (χ4n) is 2.90. The third-order valence-electron chi connectivity index (χ3n) is 4.19. The average molecular weight is 384 g/mol. The van der Waals surface area contributed by atoms with E-state index in [9.17, 15) is 35.7 Å². The van der Waals surface area contributed by atoms with E-state index in [1.165, 1.54) is 0 Å². The highest BCUT2D eigenvalue weighted by atomic mass is 16.3. The van der Waals surface area contributed by atoms with Gasteiger partial charge < -0.3 is 46.0 Å². The van der Waals surface area contributed by atoms with Crippen molar-refractivity contribution in [2.24, 2.45) is 0 Å². The summed E-state index contributed by atoms with van der Waals surface area (Å²) in [5.74, 6) is 0. The molecule has 0 amide bonds. The fraction of sp³-hybridized carbons (Fsp3) is 1.00. The van der Waals surface area contributed by atoms with E-state index in [2.05, 4.69) is 0 Å². The summed E-state index contributed by atoms with van der Waals surface area (Å²) >= 11 is 0. The van der Waals surface area contributed by atoms with E-state index in [0.717, 1.165) is 0 Å². The van der Waals surface area contributed by atoms with Crippen molar-refractivity contribution in [2.75, 3.05) is 13.2 Å². The van der Waals surface area contributed by atoms with E-state index in [0.29, 0.717) is 0 Å². The Bertz CT molecular complexity index is 301. The van der Waals surface area contributed by atoms with Crippen molar-refractivity contribution in [1.82, 2.24) is 0 Å². The molecule has 6 unspecified atom stereocenters. The van der Waals surface area contributed by atoms with Gasteiger partial charge in [0.15, 0.2) is 0 Å². The van der Waals surface area contributed by atoms with Crippen LogP contribution in [0.2, 0.25) is 0 Å². The molecule has 0 aliphatic carbocycles. The highest BCUT2D eigenvalue weighted by Crippen LogP contribution is 2.16. The lowest BCUT2D eigenvalue weighted by molar-refractivity contribution is -0.00753. The Morgan fingerprint density at radius 3 is 0.731 bits per heavy atom. The monoisotopic (exact) mass is 384 g/mol. The predicted molar refractivity (Wildman–Crippen MR) is 93.2 cm³/mol. The van der Waals surface area contributed by atoms with E-state index >= 15 is 0 Å². The zero-order valence-corrected chi connectivity index (χ0v) is 15.1. The Morgan fingerprint density at radius 2 is 0.538 bits per heavy atom. The van der Waals surface area contributed by atoms with E-state index in [1.54, 1.807) is 0 Å². The van der Waals surface area contributed by atoms with Crippen LogP contribution in [0.4, 0.5) is 0 Å². The zero-order chi connectivity index (χ0) is 20.1. The van der Waals surface area contributed by atoms with Crippen LogP contribution in [-0.4, -0.2) is 102 Å². The van der Waals surface area contributed by atoms with Gasteiger partial charge in [-0.15, -0.1) is 0 Å². The van der Waals surface area contributed by atoms with Crippen molar-refractivity contribution in [2.45, 2.75) is 94.1 Å². The molecule has 0 radical (unpaired) electrons. The topological polar surface area (TPSA) is 182 Å². The van der Waals surface area contributed by atoms with Gasteiger partial charge in [-0.05, 0) is 51.4 Å². The number of aliphatic hydroxyl groups excluding tert-OH is 9. The molecule has 0 aromatic carbocycles. The lowest BCUT2D eigenvalue weighted by Crippen LogP contribution is -2.29. The van der Waals surface area contributed by atoms with Crippen LogP contribution in [0.25, 0.3) is 0 Å². The van der Waals surface area contributed by atoms with Gasteiger partial charge in [0, 0.05) is 13.2 Å². The Balaban J connectivity index is 4.05. The molecule has 0 aliphatic heterocycles. The molecule has 0 aliphatic rings. The lowest BCUT2D eigenvalue weighted by atomic mass is 9.96. The molecule has 9 nitrogen and oxygen atoms in total. The molecule has 0 bridgehead atoms. The van der Waals surface area contributed by atoms with Crippen LogP contribution < -0.4 is 0 Å². The van der Waals surface area contributed by atoms with Gasteiger partial charge in [0.05, 0.1) is 42.7 Å². The van der Waals surface area contributed by atoms with Crippen molar-refractivity contribution < 1.29 is 46.0 Å². The van der Waals surface area contributed by atoms with Crippen LogP contribution in [-0.2, 0) is 0 Å². The number of hydrogen-bond donors (Lipinski definition) is 9. The van der Waals surface area contributed by atoms with Crippen LogP contribution in [0.5, 0.6) is 0 Å². The summed E-state index contributed by atoms with van der Waals surface area (Å²) in [6.07, 6.45) is -6.71. The number of aliphatic hydroxyl groups is 9. The standard InChI is InChI=1S/C17H36O9/c18-3-1-11(20)5-13(22)7-15(24)9-17(26)10-16(25)8-14(23)6-12(21)2-4-19/h11-26H,1-10H2. The molecular weight excluding hydrogens is 348 g/mol. The maximum atomic E-state index is 9.90. The molecule has 0 fully saturated rings. The Hall–Kier alpha value is -0.360. The number of rotatable bonds is 16. The first-order valence-corrected chi connectivity index (χ1v) is 9.16. The summed E-state index contributed by atoms with van der Waals surface area (Å²) in [6.45, 7) is -0.397. The van der Waals surface area contributed by atoms with Gasteiger partial charge in [0.2, 0.25) is 0 Å². The van der Waals surface area contributed by atoms with Gasteiger partial charge in [-0.25, -0.2) is 0 Å². The average Bonchev–Trinajstić information content (AvgIpc) is 2.45. The smallest absolute Gasteiger partial charge is 0.0589 e. The molecule has 26 heavy (non-hydrogen) atoms. The highest BCUT2D eigenvalue weighted by Gasteiger charge is 2.22. The molecule has 0 aromatic rings. The zero-order valence-electron chi connectivity index (χ0n) is 15.1. The minimum absolute atomic E-state index is 0.0126. The quantitative estimate of drug-likeness (QED) is 0.140. The van der Waals surface area contributed by atoms with Crippen molar-refractivity contribution in [3.8, 4) is 0 Å². The molecule has 9 N–H and O–H groups in total. The Kier molecular flexibility index (Phi) is 14.5. The molecule has 0 aromatic heterocycles. The minimum atomic E-state index is -1.04. The van der Waals surface area contributed by atoms with Gasteiger partial charge in [-0.1, -0.05) is 0 Å². The largest absolute Gasteiger partial charge is 0.396 e. The third-order valence-corrected chi connectivity index (χ3v) is 4.19. The molecular formula is C17H36O9. The van der Waals surface area contributed by atoms with Crippen LogP contribution >= 0.6 is 0 Å². The second-order valence-corrected chi connectivity index (χ2v) is 7.02. The van der Waals surface area contributed by atoms with E-state index in [1.807, 2.05) is 0 Å². The van der Waals surface area contributed by atoms with Gasteiger partial charge in [-0.2, -0.15) is 0 Å². The molecule has 0 spiro atoms. The molecule has 0 heterocycles. The van der Waals surface area contributed by atoms with Crippen LogP contribution in [0.15, 0.2) is 0 Å². The first-order valence-electron chi connectivity index (χ1n) is 9.16. The minimum Gasteiger partial charge on any atom is -0.396 e. The van der Waals surface area contributed by atoms with Crippen LogP contribution in [0.3, 0.4) is 0 Å². The van der Waals surface area contributed by atoms with Crippen molar-refractivity contribution in [3.05, 3.63) is 0 Å². The molecule has 0 rings (SSSR count). The van der Waals surface area contributed by atoms with Crippen molar-refractivity contribution in [1.29, 1.82) is 0 Å². The lowest BCUT2D eigenvalue weighted by Gasteiger charge is -2.23. The fourth-order valence-corrected chi connectivity index (χ4v) is 2.90. The second-order valence-electron chi connectivity index (χ2n) is 7.02.